The Bertz CT molecular complexity index is 613. The van der Waals surface area contributed by atoms with E-state index in [2.05, 4.69) is 10.6 Å². The zero-order chi connectivity index (χ0) is 13.2. The number of fused-ring (bicyclic) bond motifs is 1. The van der Waals surface area contributed by atoms with Crippen molar-refractivity contribution in [2.75, 3.05) is 17.2 Å². The Morgan fingerprint density at radius 2 is 1.84 bits per heavy atom. The van der Waals surface area contributed by atoms with E-state index in [1.807, 2.05) is 30.3 Å². The molecule has 2 aromatic carbocycles. The fourth-order valence-electron chi connectivity index (χ4n) is 2.27. The summed E-state index contributed by atoms with van der Waals surface area (Å²) in [7, 11) is 0. The summed E-state index contributed by atoms with van der Waals surface area (Å²) >= 11 is 0. The van der Waals surface area contributed by atoms with Gasteiger partial charge in [-0.3, -0.25) is 4.79 Å². The molecule has 96 valence electrons. The fourth-order valence-corrected chi connectivity index (χ4v) is 2.27. The molecule has 0 fully saturated rings. The number of hydrogen-bond acceptors (Lipinski definition) is 2. The second kappa shape index (κ2) is 4.72. The molecule has 0 radical (unpaired) electrons. The van der Waals surface area contributed by atoms with E-state index in [0.29, 0.717) is 12.2 Å². The molecule has 19 heavy (non-hydrogen) atoms. The van der Waals surface area contributed by atoms with Crippen molar-refractivity contribution in [2.45, 2.75) is 5.92 Å². The fraction of sp³-hybridized carbons (Fsp3) is 0.133. The standard InChI is InChI=1S/C15H13FN2O/c16-12-7-4-8-13-14(12)18-15(19)11(9-17-13)10-5-2-1-3-6-10/h1-8,11,17H,9H2,(H,18,19). The number of para-hydroxylation sites is 1. The predicted octanol–water partition coefficient (Wildman–Crippen LogP) is 2.97. The van der Waals surface area contributed by atoms with Crippen molar-refractivity contribution in [2.24, 2.45) is 0 Å². The van der Waals surface area contributed by atoms with Crippen molar-refractivity contribution in [3.63, 3.8) is 0 Å². The molecule has 0 aliphatic carbocycles. The smallest absolute Gasteiger partial charge is 0.233 e. The van der Waals surface area contributed by atoms with Crippen molar-refractivity contribution in [1.29, 1.82) is 0 Å². The Kier molecular flexibility index (Phi) is 2.91. The highest BCUT2D eigenvalue weighted by Crippen LogP contribution is 2.30. The van der Waals surface area contributed by atoms with Gasteiger partial charge in [-0.05, 0) is 17.7 Å². The van der Waals surface area contributed by atoms with Crippen LogP contribution < -0.4 is 10.6 Å². The minimum atomic E-state index is -0.424. The van der Waals surface area contributed by atoms with Gasteiger partial charge in [-0.2, -0.15) is 0 Å². The first-order valence-corrected chi connectivity index (χ1v) is 6.14. The van der Waals surface area contributed by atoms with Gasteiger partial charge in [0.1, 0.15) is 11.5 Å². The van der Waals surface area contributed by atoms with Crippen molar-refractivity contribution >= 4 is 17.3 Å². The van der Waals surface area contributed by atoms with E-state index < -0.39 is 5.82 Å². The molecule has 2 aromatic rings. The van der Waals surface area contributed by atoms with Crippen molar-refractivity contribution in [3.05, 3.63) is 59.9 Å². The van der Waals surface area contributed by atoms with Gasteiger partial charge in [0, 0.05) is 6.54 Å². The second-order valence-electron chi connectivity index (χ2n) is 4.50. The summed E-state index contributed by atoms with van der Waals surface area (Å²) in [6.45, 7) is 0.451. The van der Waals surface area contributed by atoms with Crippen LogP contribution in [0.3, 0.4) is 0 Å². The van der Waals surface area contributed by atoms with Crippen LogP contribution >= 0.6 is 0 Å². The molecule has 4 heteroatoms. The first-order chi connectivity index (χ1) is 9.25. The molecular weight excluding hydrogens is 243 g/mol. The van der Waals surface area contributed by atoms with E-state index in [9.17, 15) is 9.18 Å². The zero-order valence-corrected chi connectivity index (χ0v) is 10.2. The monoisotopic (exact) mass is 256 g/mol. The lowest BCUT2D eigenvalue weighted by Gasteiger charge is -2.13. The lowest BCUT2D eigenvalue weighted by atomic mass is 9.98. The molecule has 3 rings (SSSR count). The number of rotatable bonds is 1. The van der Waals surface area contributed by atoms with Crippen LogP contribution in [0.15, 0.2) is 48.5 Å². The molecule has 1 aliphatic rings. The van der Waals surface area contributed by atoms with Crippen LogP contribution in [0.1, 0.15) is 11.5 Å². The largest absolute Gasteiger partial charge is 0.382 e. The molecular formula is C15H13FN2O. The summed E-state index contributed by atoms with van der Waals surface area (Å²) in [6, 6.07) is 14.2. The van der Waals surface area contributed by atoms with E-state index in [4.69, 9.17) is 0 Å². The van der Waals surface area contributed by atoms with Crippen molar-refractivity contribution < 1.29 is 9.18 Å². The molecule has 1 heterocycles. The van der Waals surface area contributed by atoms with Crippen LogP contribution in [0.5, 0.6) is 0 Å². The number of benzene rings is 2. The third-order valence-electron chi connectivity index (χ3n) is 3.28. The highest BCUT2D eigenvalue weighted by molar-refractivity contribution is 6.00. The Balaban J connectivity index is 1.95. The van der Waals surface area contributed by atoms with Crippen LogP contribution in [-0.2, 0) is 4.79 Å². The Hall–Kier alpha value is -2.36. The normalized spacial score (nSPS) is 17.9. The lowest BCUT2D eigenvalue weighted by molar-refractivity contribution is -0.117. The Morgan fingerprint density at radius 3 is 2.63 bits per heavy atom. The summed E-state index contributed by atoms with van der Waals surface area (Å²) in [4.78, 5) is 12.2. The van der Waals surface area contributed by atoms with Gasteiger partial charge < -0.3 is 10.6 Å². The van der Waals surface area contributed by atoms with E-state index in [0.717, 1.165) is 5.56 Å². The zero-order valence-electron chi connectivity index (χ0n) is 10.2. The van der Waals surface area contributed by atoms with Gasteiger partial charge >= 0.3 is 0 Å². The highest BCUT2D eigenvalue weighted by Gasteiger charge is 2.26. The quantitative estimate of drug-likeness (QED) is 0.823. The van der Waals surface area contributed by atoms with Crippen LogP contribution in [-0.4, -0.2) is 12.5 Å². The number of nitrogens with one attached hydrogen (secondary N) is 2. The Labute approximate surface area is 110 Å². The van der Waals surface area contributed by atoms with E-state index in [1.54, 1.807) is 12.1 Å². The SMILES string of the molecule is O=C1Nc2c(F)cccc2NCC1c1ccccc1. The van der Waals surface area contributed by atoms with Crippen LogP contribution in [0, 0.1) is 5.82 Å². The molecule has 1 unspecified atom stereocenters. The van der Waals surface area contributed by atoms with E-state index >= 15 is 0 Å². The first-order valence-electron chi connectivity index (χ1n) is 6.14. The van der Waals surface area contributed by atoms with Crippen molar-refractivity contribution in [3.8, 4) is 0 Å². The maximum Gasteiger partial charge on any atom is 0.233 e. The summed E-state index contributed by atoms with van der Waals surface area (Å²) in [6.07, 6.45) is 0. The molecule has 0 saturated carbocycles. The molecule has 1 aliphatic heterocycles. The molecule has 0 aromatic heterocycles. The van der Waals surface area contributed by atoms with E-state index in [-0.39, 0.29) is 17.5 Å². The average Bonchev–Trinajstić information content (AvgIpc) is 2.60. The lowest BCUT2D eigenvalue weighted by Crippen LogP contribution is -2.23. The molecule has 1 atom stereocenters. The molecule has 0 saturated heterocycles. The van der Waals surface area contributed by atoms with Gasteiger partial charge in [-0.15, -0.1) is 0 Å². The van der Waals surface area contributed by atoms with Gasteiger partial charge in [0.15, 0.2) is 0 Å². The number of carbonyl (C=O) groups is 1. The summed E-state index contributed by atoms with van der Waals surface area (Å²) in [5, 5.41) is 5.78. The molecule has 2 N–H and O–H groups in total. The maximum atomic E-state index is 13.7. The number of amides is 1. The number of halogens is 1. The highest BCUT2D eigenvalue weighted by atomic mass is 19.1. The van der Waals surface area contributed by atoms with Crippen LogP contribution in [0.4, 0.5) is 15.8 Å². The minimum absolute atomic E-state index is 0.192. The average molecular weight is 256 g/mol. The van der Waals surface area contributed by atoms with E-state index in [1.165, 1.54) is 6.07 Å². The molecule has 0 bridgehead atoms. The summed E-state index contributed by atoms with van der Waals surface area (Å²) in [5.41, 5.74) is 1.76. The van der Waals surface area contributed by atoms with Crippen molar-refractivity contribution in [1.82, 2.24) is 0 Å². The summed E-state index contributed by atoms with van der Waals surface area (Å²) in [5.74, 6) is -0.942. The predicted molar refractivity (Wildman–Crippen MR) is 72.7 cm³/mol. The minimum Gasteiger partial charge on any atom is -0.382 e. The molecule has 0 spiro atoms. The van der Waals surface area contributed by atoms with Gasteiger partial charge in [-0.1, -0.05) is 36.4 Å². The maximum absolute atomic E-state index is 13.7. The van der Waals surface area contributed by atoms with Gasteiger partial charge in [-0.25, -0.2) is 4.39 Å². The van der Waals surface area contributed by atoms with Gasteiger partial charge in [0.05, 0.1) is 11.6 Å². The first kappa shape index (κ1) is 11.7. The van der Waals surface area contributed by atoms with Crippen LogP contribution in [0.25, 0.3) is 0 Å². The van der Waals surface area contributed by atoms with Gasteiger partial charge in [0.2, 0.25) is 5.91 Å². The topological polar surface area (TPSA) is 41.1 Å². The van der Waals surface area contributed by atoms with Gasteiger partial charge in [0.25, 0.3) is 0 Å². The number of anilines is 2. The Morgan fingerprint density at radius 1 is 1.05 bits per heavy atom. The number of carbonyl (C=O) groups excluding carboxylic acids is 1. The third kappa shape index (κ3) is 2.17. The molecule has 3 nitrogen and oxygen atoms in total. The molecule has 1 amide bonds. The second-order valence-corrected chi connectivity index (χ2v) is 4.50. The third-order valence-corrected chi connectivity index (χ3v) is 3.28. The number of hydrogen-bond donors (Lipinski definition) is 2. The van der Waals surface area contributed by atoms with Crippen LogP contribution in [0.2, 0.25) is 0 Å². The summed E-state index contributed by atoms with van der Waals surface area (Å²) < 4.78 is 13.7.